The first-order chi connectivity index (χ1) is 12.0. The topological polar surface area (TPSA) is 38.1 Å². The zero-order valence-corrected chi connectivity index (χ0v) is 15.6. The smallest absolute Gasteiger partial charge is 0.222 e. The number of likely N-dealkylation sites (tertiary alicyclic amines) is 1. The summed E-state index contributed by atoms with van der Waals surface area (Å²) in [6.45, 7) is 6.25. The van der Waals surface area contributed by atoms with Gasteiger partial charge in [0.05, 0.1) is 6.33 Å². The quantitative estimate of drug-likeness (QED) is 0.807. The molecule has 0 radical (unpaired) electrons. The molecule has 1 aromatic heterocycles. The Hall–Kier alpha value is -2.10. The normalized spacial score (nSPS) is 17.4. The highest BCUT2D eigenvalue weighted by Crippen LogP contribution is 2.23. The molecule has 4 nitrogen and oxygen atoms in total. The fourth-order valence-electron chi connectivity index (χ4n) is 3.62. The van der Waals surface area contributed by atoms with Crippen LogP contribution in [0.5, 0.6) is 0 Å². The van der Waals surface area contributed by atoms with Crippen LogP contribution < -0.4 is 0 Å². The molecule has 134 valence electrons. The van der Waals surface area contributed by atoms with E-state index in [0.29, 0.717) is 18.3 Å². The van der Waals surface area contributed by atoms with Crippen molar-refractivity contribution < 1.29 is 4.79 Å². The Kier molecular flexibility index (Phi) is 5.57. The third kappa shape index (κ3) is 4.50. The molecule has 1 saturated heterocycles. The highest BCUT2D eigenvalue weighted by atomic mass is 16.2. The lowest BCUT2D eigenvalue weighted by molar-refractivity contribution is -0.130. The molecule has 0 bridgehead atoms. The first-order valence-electron chi connectivity index (χ1n) is 9.34. The van der Waals surface area contributed by atoms with E-state index in [1.807, 2.05) is 22.7 Å². The molecule has 25 heavy (non-hydrogen) atoms. The van der Waals surface area contributed by atoms with Crippen molar-refractivity contribution in [3.05, 3.63) is 53.6 Å². The van der Waals surface area contributed by atoms with Crippen molar-refractivity contribution in [1.82, 2.24) is 14.5 Å². The highest BCUT2D eigenvalue weighted by molar-refractivity contribution is 5.76. The summed E-state index contributed by atoms with van der Waals surface area (Å²) in [5.41, 5.74) is 3.90. The van der Waals surface area contributed by atoms with Gasteiger partial charge in [0, 0.05) is 38.4 Å². The molecule has 0 N–H and O–H groups in total. The first-order valence-corrected chi connectivity index (χ1v) is 9.34. The van der Waals surface area contributed by atoms with Crippen LogP contribution in [0.2, 0.25) is 0 Å². The summed E-state index contributed by atoms with van der Waals surface area (Å²) in [7, 11) is 1.98. The standard InChI is InChI=1S/C21H29N3O/c1-16(2)19-6-4-17(5-7-19)12-18-10-11-24(14-18)21(25)9-8-20-13-22-15-23(20)3/h4-7,13,15-16,18H,8-12,14H2,1-3H3. The Balaban J connectivity index is 1.47. The average Bonchev–Trinajstić information content (AvgIpc) is 3.22. The van der Waals surface area contributed by atoms with Gasteiger partial charge in [0.1, 0.15) is 0 Å². The van der Waals surface area contributed by atoms with Gasteiger partial charge < -0.3 is 9.47 Å². The van der Waals surface area contributed by atoms with Crippen LogP contribution >= 0.6 is 0 Å². The van der Waals surface area contributed by atoms with Gasteiger partial charge in [-0.2, -0.15) is 0 Å². The van der Waals surface area contributed by atoms with Gasteiger partial charge in [-0.25, -0.2) is 4.98 Å². The number of carbonyl (C=O) groups excluding carboxylic acids is 1. The molecule has 4 heteroatoms. The zero-order chi connectivity index (χ0) is 17.8. The second-order valence-corrected chi connectivity index (χ2v) is 7.59. The molecule has 1 unspecified atom stereocenters. The average molecular weight is 339 g/mol. The Labute approximate surface area is 150 Å². The van der Waals surface area contributed by atoms with E-state index >= 15 is 0 Å². The third-order valence-electron chi connectivity index (χ3n) is 5.32. The minimum atomic E-state index is 0.277. The van der Waals surface area contributed by atoms with Gasteiger partial charge >= 0.3 is 0 Å². The third-order valence-corrected chi connectivity index (χ3v) is 5.32. The SMILES string of the molecule is CC(C)c1ccc(CC2CCN(C(=O)CCc3cncn3C)C2)cc1. The van der Waals surface area contributed by atoms with Crippen molar-refractivity contribution in [2.45, 2.75) is 45.4 Å². The molecule has 0 saturated carbocycles. The molecule has 0 aliphatic carbocycles. The minimum Gasteiger partial charge on any atom is -0.342 e. The molecular weight excluding hydrogens is 310 g/mol. The van der Waals surface area contributed by atoms with Crippen LogP contribution in [0.1, 0.15) is 49.4 Å². The Morgan fingerprint density at radius 1 is 1.28 bits per heavy atom. The molecule has 1 aliphatic heterocycles. The maximum absolute atomic E-state index is 12.5. The number of benzene rings is 1. The van der Waals surface area contributed by atoms with E-state index in [1.165, 1.54) is 11.1 Å². The predicted molar refractivity (Wildman–Crippen MR) is 100 cm³/mol. The van der Waals surface area contributed by atoms with Crippen LogP contribution in [0.4, 0.5) is 0 Å². The van der Waals surface area contributed by atoms with E-state index in [4.69, 9.17) is 0 Å². The van der Waals surface area contributed by atoms with Crippen LogP contribution in [-0.4, -0.2) is 33.4 Å². The Morgan fingerprint density at radius 3 is 2.68 bits per heavy atom. The zero-order valence-electron chi connectivity index (χ0n) is 15.6. The van der Waals surface area contributed by atoms with Crippen molar-refractivity contribution in [2.75, 3.05) is 13.1 Å². The van der Waals surface area contributed by atoms with E-state index in [2.05, 4.69) is 43.1 Å². The largest absolute Gasteiger partial charge is 0.342 e. The second-order valence-electron chi connectivity index (χ2n) is 7.59. The summed E-state index contributed by atoms with van der Waals surface area (Å²) in [5.74, 6) is 1.44. The number of hydrogen-bond acceptors (Lipinski definition) is 2. The van der Waals surface area contributed by atoms with Crippen LogP contribution in [0, 0.1) is 5.92 Å². The van der Waals surface area contributed by atoms with Crippen LogP contribution in [0.25, 0.3) is 0 Å². The number of aromatic nitrogens is 2. The maximum atomic E-state index is 12.5. The van der Waals surface area contributed by atoms with Crippen LogP contribution in [0.3, 0.4) is 0 Å². The van der Waals surface area contributed by atoms with Crippen molar-refractivity contribution in [3.8, 4) is 0 Å². The summed E-state index contributed by atoms with van der Waals surface area (Å²) in [6.07, 6.45) is 7.17. The molecule has 2 aromatic rings. The summed E-state index contributed by atoms with van der Waals surface area (Å²) in [5, 5.41) is 0. The summed E-state index contributed by atoms with van der Waals surface area (Å²) < 4.78 is 1.99. The Morgan fingerprint density at radius 2 is 2.04 bits per heavy atom. The number of amides is 1. The number of hydrogen-bond donors (Lipinski definition) is 0. The predicted octanol–water partition coefficient (Wildman–Crippen LogP) is 3.57. The van der Waals surface area contributed by atoms with Gasteiger partial charge in [-0.1, -0.05) is 38.1 Å². The van der Waals surface area contributed by atoms with Gasteiger partial charge in [-0.15, -0.1) is 0 Å². The summed E-state index contributed by atoms with van der Waals surface area (Å²) >= 11 is 0. The lowest BCUT2D eigenvalue weighted by Crippen LogP contribution is -2.29. The van der Waals surface area contributed by atoms with E-state index in [1.54, 1.807) is 6.33 Å². The highest BCUT2D eigenvalue weighted by Gasteiger charge is 2.26. The molecule has 1 amide bonds. The van der Waals surface area contributed by atoms with E-state index in [0.717, 1.165) is 38.0 Å². The van der Waals surface area contributed by atoms with Crippen molar-refractivity contribution in [3.63, 3.8) is 0 Å². The minimum absolute atomic E-state index is 0.277. The fourth-order valence-corrected chi connectivity index (χ4v) is 3.62. The number of carbonyl (C=O) groups is 1. The molecule has 1 aromatic carbocycles. The van der Waals surface area contributed by atoms with Crippen molar-refractivity contribution in [2.24, 2.45) is 13.0 Å². The second kappa shape index (κ2) is 7.85. The van der Waals surface area contributed by atoms with Crippen molar-refractivity contribution >= 4 is 5.91 Å². The lowest BCUT2D eigenvalue weighted by atomic mass is 9.96. The first kappa shape index (κ1) is 17.7. The van der Waals surface area contributed by atoms with E-state index < -0.39 is 0 Å². The van der Waals surface area contributed by atoms with Crippen LogP contribution in [0.15, 0.2) is 36.8 Å². The molecule has 2 heterocycles. The number of aryl methyl sites for hydroxylation is 2. The molecule has 1 atom stereocenters. The van der Waals surface area contributed by atoms with Gasteiger partial charge in [-0.3, -0.25) is 4.79 Å². The maximum Gasteiger partial charge on any atom is 0.222 e. The fraction of sp³-hybridized carbons (Fsp3) is 0.524. The van der Waals surface area contributed by atoms with Crippen molar-refractivity contribution in [1.29, 1.82) is 0 Å². The van der Waals surface area contributed by atoms with Gasteiger partial charge in [0.15, 0.2) is 0 Å². The summed E-state index contributed by atoms with van der Waals surface area (Å²) in [4.78, 5) is 18.6. The molecule has 3 rings (SSSR count). The number of imidazole rings is 1. The lowest BCUT2D eigenvalue weighted by Gasteiger charge is -2.17. The van der Waals surface area contributed by atoms with E-state index in [-0.39, 0.29) is 5.91 Å². The van der Waals surface area contributed by atoms with Gasteiger partial charge in [0.25, 0.3) is 0 Å². The molecule has 1 fully saturated rings. The van der Waals surface area contributed by atoms with Gasteiger partial charge in [0.2, 0.25) is 5.91 Å². The van der Waals surface area contributed by atoms with E-state index in [9.17, 15) is 4.79 Å². The molecular formula is C21H29N3O. The monoisotopic (exact) mass is 339 g/mol. The number of rotatable bonds is 6. The van der Waals surface area contributed by atoms with Crippen LogP contribution in [-0.2, 0) is 24.7 Å². The molecule has 1 aliphatic rings. The summed E-state index contributed by atoms with van der Waals surface area (Å²) in [6, 6.07) is 8.99. The Bertz CT molecular complexity index is 702. The molecule has 0 spiro atoms. The van der Waals surface area contributed by atoms with Gasteiger partial charge in [-0.05, 0) is 42.2 Å². The number of nitrogens with zero attached hydrogens (tertiary/aromatic N) is 3.